The standard InChI is InChI=1S/C10H12Cl2O/c1-10(2,7-11)13-9-6-4-3-5-8(9)12/h3-6H,7H2,1-2H3. The van der Waals surface area contributed by atoms with E-state index in [1.54, 1.807) is 6.07 Å². The van der Waals surface area contributed by atoms with Gasteiger partial charge >= 0.3 is 0 Å². The van der Waals surface area contributed by atoms with Crippen LogP contribution in [0.5, 0.6) is 5.75 Å². The predicted molar refractivity (Wildman–Crippen MR) is 56.9 cm³/mol. The molecule has 0 fully saturated rings. The molecule has 0 saturated heterocycles. The molecule has 1 nitrogen and oxygen atoms in total. The Labute approximate surface area is 88.6 Å². The first-order valence-corrected chi connectivity index (χ1v) is 4.96. The van der Waals surface area contributed by atoms with E-state index in [0.29, 0.717) is 16.7 Å². The molecule has 0 radical (unpaired) electrons. The molecular formula is C10H12Cl2O. The lowest BCUT2D eigenvalue weighted by Gasteiger charge is -2.24. The van der Waals surface area contributed by atoms with Crippen LogP contribution in [0.25, 0.3) is 0 Å². The van der Waals surface area contributed by atoms with E-state index in [0.717, 1.165) is 0 Å². The number of halogens is 2. The van der Waals surface area contributed by atoms with Gasteiger partial charge in [-0.15, -0.1) is 11.6 Å². The molecule has 3 heteroatoms. The zero-order valence-electron chi connectivity index (χ0n) is 7.68. The highest BCUT2D eigenvalue weighted by molar-refractivity contribution is 6.32. The fourth-order valence-electron chi connectivity index (χ4n) is 0.852. The van der Waals surface area contributed by atoms with Crippen LogP contribution in [0.2, 0.25) is 5.02 Å². The van der Waals surface area contributed by atoms with Crippen LogP contribution in [-0.2, 0) is 0 Å². The smallest absolute Gasteiger partial charge is 0.138 e. The molecule has 0 N–H and O–H groups in total. The first-order valence-electron chi connectivity index (χ1n) is 4.05. The lowest BCUT2D eigenvalue weighted by atomic mass is 10.2. The Kier molecular flexibility index (Phi) is 3.46. The van der Waals surface area contributed by atoms with Crippen molar-refractivity contribution in [3.8, 4) is 5.75 Å². The van der Waals surface area contributed by atoms with Crippen molar-refractivity contribution >= 4 is 23.2 Å². The summed E-state index contributed by atoms with van der Waals surface area (Å²) in [6.07, 6.45) is 0. The molecule has 0 amide bonds. The van der Waals surface area contributed by atoms with Crippen LogP contribution in [-0.4, -0.2) is 11.5 Å². The predicted octanol–water partition coefficient (Wildman–Crippen LogP) is 3.74. The molecule has 0 aliphatic rings. The highest BCUT2D eigenvalue weighted by Crippen LogP contribution is 2.27. The number of hydrogen-bond donors (Lipinski definition) is 0. The molecule has 72 valence electrons. The van der Waals surface area contributed by atoms with E-state index in [1.807, 2.05) is 32.0 Å². The lowest BCUT2D eigenvalue weighted by molar-refractivity contribution is 0.134. The third kappa shape index (κ3) is 3.09. The van der Waals surface area contributed by atoms with Crippen LogP contribution in [0.15, 0.2) is 24.3 Å². The number of alkyl halides is 1. The first kappa shape index (κ1) is 10.7. The maximum Gasteiger partial charge on any atom is 0.138 e. The third-order valence-corrected chi connectivity index (χ3v) is 2.50. The third-order valence-electron chi connectivity index (χ3n) is 1.54. The molecule has 1 aromatic carbocycles. The molecule has 13 heavy (non-hydrogen) atoms. The van der Waals surface area contributed by atoms with Gasteiger partial charge in [0.1, 0.15) is 11.4 Å². The number of benzene rings is 1. The van der Waals surface area contributed by atoms with Crippen LogP contribution in [0.1, 0.15) is 13.8 Å². The molecule has 0 aliphatic heterocycles. The van der Waals surface area contributed by atoms with Crippen molar-refractivity contribution in [3.63, 3.8) is 0 Å². The summed E-state index contributed by atoms with van der Waals surface area (Å²) >= 11 is 11.6. The molecule has 0 saturated carbocycles. The minimum absolute atomic E-state index is 0.382. The van der Waals surface area contributed by atoms with Crippen molar-refractivity contribution in [2.75, 3.05) is 5.88 Å². The fraction of sp³-hybridized carbons (Fsp3) is 0.400. The van der Waals surface area contributed by atoms with Crippen LogP contribution < -0.4 is 4.74 Å². The molecule has 0 atom stereocenters. The van der Waals surface area contributed by atoms with Crippen LogP contribution in [0.4, 0.5) is 0 Å². The second-order valence-corrected chi connectivity index (χ2v) is 4.10. The van der Waals surface area contributed by atoms with Crippen molar-refractivity contribution in [1.29, 1.82) is 0 Å². The minimum atomic E-state index is -0.382. The van der Waals surface area contributed by atoms with Crippen LogP contribution in [0, 0.1) is 0 Å². The van der Waals surface area contributed by atoms with E-state index in [4.69, 9.17) is 27.9 Å². The molecule has 0 aliphatic carbocycles. The average Bonchev–Trinajstić information content (AvgIpc) is 2.09. The molecule has 0 spiro atoms. The van der Waals surface area contributed by atoms with Crippen molar-refractivity contribution < 1.29 is 4.74 Å². The maximum absolute atomic E-state index is 5.92. The van der Waals surface area contributed by atoms with Gasteiger partial charge in [-0.05, 0) is 26.0 Å². The fourth-order valence-corrected chi connectivity index (χ4v) is 1.08. The van der Waals surface area contributed by atoms with Crippen molar-refractivity contribution in [1.82, 2.24) is 0 Å². The molecule has 0 aromatic heterocycles. The highest BCUT2D eigenvalue weighted by Gasteiger charge is 2.19. The van der Waals surface area contributed by atoms with E-state index in [9.17, 15) is 0 Å². The molecule has 0 unspecified atom stereocenters. The van der Waals surface area contributed by atoms with Gasteiger partial charge in [-0.2, -0.15) is 0 Å². The van der Waals surface area contributed by atoms with Crippen molar-refractivity contribution in [2.45, 2.75) is 19.4 Å². The lowest BCUT2D eigenvalue weighted by Crippen LogP contribution is -2.30. The molecule has 0 bridgehead atoms. The zero-order valence-corrected chi connectivity index (χ0v) is 9.19. The molecular weight excluding hydrogens is 207 g/mol. The Bertz CT molecular complexity index is 284. The summed E-state index contributed by atoms with van der Waals surface area (Å²) in [4.78, 5) is 0. The summed E-state index contributed by atoms with van der Waals surface area (Å²) in [6.45, 7) is 3.84. The van der Waals surface area contributed by atoms with Crippen molar-refractivity contribution in [2.24, 2.45) is 0 Å². The Morgan fingerprint density at radius 2 is 1.92 bits per heavy atom. The normalized spacial score (nSPS) is 11.4. The highest BCUT2D eigenvalue weighted by atomic mass is 35.5. The molecule has 0 heterocycles. The van der Waals surface area contributed by atoms with E-state index in [2.05, 4.69) is 0 Å². The number of ether oxygens (including phenoxy) is 1. The van der Waals surface area contributed by atoms with Crippen LogP contribution >= 0.6 is 23.2 Å². The SMILES string of the molecule is CC(C)(CCl)Oc1ccccc1Cl. The summed E-state index contributed by atoms with van der Waals surface area (Å²) in [5.41, 5.74) is -0.382. The van der Waals surface area contributed by atoms with E-state index in [-0.39, 0.29) is 5.60 Å². The Hall–Kier alpha value is -0.400. The van der Waals surface area contributed by atoms with E-state index < -0.39 is 0 Å². The number of hydrogen-bond acceptors (Lipinski definition) is 1. The summed E-state index contributed by atoms with van der Waals surface area (Å²) in [7, 11) is 0. The topological polar surface area (TPSA) is 9.23 Å². The van der Waals surface area contributed by atoms with E-state index >= 15 is 0 Å². The van der Waals surface area contributed by atoms with Gasteiger partial charge in [0.05, 0.1) is 10.9 Å². The average molecular weight is 219 g/mol. The van der Waals surface area contributed by atoms with Gasteiger partial charge in [-0.3, -0.25) is 0 Å². The van der Waals surface area contributed by atoms with Gasteiger partial charge in [-0.1, -0.05) is 23.7 Å². The van der Waals surface area contributed by atoms with Crippen LogP contribution in [0.3, 0.4) is 0 Å². The van der Waals surface area contributed by atoms with Gasteiger partial charge in [0.15, 0.2) is 0 Å². The zero-order chi connectivity index (χ0) is 9.90. The van der Waals surface area contributed by atoms with Gasteiger partial charge in [0.25, 0.3) is 0 Å². The van der Waals surface area contributed by atoms with Gasteiger partial charge in [0, 0.05) is 0 Å². The monoisotopic (exact) mass is 218 g/mol. The Balaban J connectivity index is 2.80. The molecule has 1 rings (SSSR count). The van der Waals surface area contributed by atoms with Crippen molar-refractivity contribution in [3.05, 3.63) is 29.3 Å². The summed E-state index contributed by atoms with van der Waals surface area (Å²) in [5, 5.41) is 0.612. The maximum atomic E-state index is 5.92. The second kappa shape index (κ2) is 4.21. The quantitative estimate of drug-likeness (QED) is 0.703. The van der Waals surface area contributed by atoms with Gasteiger partial charge in [-0.25, -0.2) is 0 Å². The summed E-state index contributed by atoms with van der Waals surface area (Å²) in [6, 6.07) is 7.37. The Morgan fingerprint density at radius 1 is 1.31 bits per heavy atom. The largest absolute Gasteiger partial charge is 0.485 e. The summed E-state index contributed by atoms with van der Waals surface area (Å²) < 4.78 is 5.62. The summed E-state index contributed by atoms with van der Waals surface area (Å²) in [5.74, 6) is 1.10. The number of rotatable bonds is 3. The van der Waals surface area contributed by atoms with Gasteiger partial charge in [0.2, 0.25) is 0 Å². The minimum Gasteiger partial charge on any atom is -0.485 e. The second-order valence-electron chi connectivity index (χ2n) is 3.43. The van der Waals surface area contributed by atoms with Gasteiger partial charge < -0.3 is 4.74 Å². The molecule has 1 aromatic rings. The number of para-hydroxylation sites is 1. The first-order chi connectivity index (χ1) is 6.05. The Morgan fingerprint density at radius 3 is 2.46 bits per heavy atom. The van der Waals surface area contributed by atoms with E-state index in [1.165, 1.54) is 0 Å².